The molecule has 0 aliphatic carbocycles. The molecule has 0 saturated heterocycles. The van der Waals surface area contributed by atoms with Crippen molar-refractivity contribution in [1.29, 1.82) is 0 Å². The second-order valence-electron chi connectivity index (χ2n) is 6.67. The van der Waals surface area contributed by atoms with Gasteiger partial charge in [0, 0.05) is 11.1 Å². The lowest BCUT2D eigenvalue weighted by Gasteiger charge is -2.20. The van der Waals surface area contributed by atoms with Gasteiger partial charge in [0.25, 0.3) is 0 Å². The molecule has 1 aliphatic heterocycles. The molecular formula is C20H21ClN4O2. The molecule has 2 aromatic carbocycles. The zero-order chi connectivity index (χ0) is 19.0. The van der Waals surface area contributed by atoms with Crippen molar-refractivity contribution < 1.29 is 9.47 Å². The summed E-state index contributed by atoms with van der Waals surface area (Å²) in [7, 11) is 0. The van der Waals surface area contributed by atoms with Gasteiger partial charge in [-0.05, 0) is 56.7 Å². The van der Waals surface area contributed by atoms with Crippen LogP contribution in [0.15, 0.2) is 42.5 Å². The fourth-order valence-corrected chi connectivity index (χ4v) is 3.51. The maximum absolute atomic E-state index is 6.10. The molecule has 1 aliphatic rings. The fourth-order valence-electron chi connectivity index (χ4n) is 3.33. The number of nitrogens with zero attached hydrogens (tertiary/aromatic N) is 3. The number of fused-ring (bicyclic) bond motifs is 1. The van der Waals surface area contributed by atoms with Crippen LogP contribution in [-0.2, 0) is 0 Å². The van der Waals surface area contributed by atoms with Gasteiger partial charge in [0.15, 0.2) is 11.5 Å². The van der Waals surface area contributed by atoms with Crippen LogP contribution in [-0.4, -0.2) is 21.8 Å². The van der Waals surface area contributed by atoms with Crippen molar-refractivity contribution in [3.63, 3.8) is 0 Å². The number of nitrogens with one attached hydrogen (secondary N) is 1. The van der Waals surface area contributed by atoms with Gasteiger partial charge < -0.3 is 14.8 Å². The van der Waals surface area contributed by atoms with Crippen LogP contribution in [0, 0.1) is 6.92 Å². The van der Waals surface area contributed by atoms with Crippen LogP contribution < -0.4 is 14.8 Å². The third-order valence-electron chi connectivity index (χ3n) is 4.79. The lowest BCUT2D eigenvalue weighted by atomic mass is 10.1. The van der Waals surface area contributed by atoms with E-state index in [0.717, 1.165) is 34.1 Å². The van der Waals surface area contributed by atoms with Gasteiger partial charge in [-0.3, -0.25) is 0 Å². The van der Waals surface area contributed by atoms with E-state index in [4.69, 9.17) is 21.1 Å². The maximum atomic E-state index is 6.10. The zero-order valence-corrected chi connectivity index (χ0v) is 16.2. The van der Waals surface area contributed by atoms with Gasteiger partial charge in [-0.25, -0.2) is 4.68 Å². The first-order chi connectivity index (χ1) is 13.0. The molecule has 0 amide bonds. The highest BCUT2D eigenvalue weighted by atomic mass is 35.5. The van der Waals surface area contributed by atoms with Crippen molar-refractivity contribution in [2.24, 2.45) is 0 Å². The van der Waals surface area contributed by atoms with Crippen molar-refractivity contribution >= 4 is 11.6 Å². The average molecular weight is 385 g/mol. The number of benzene rings is 2. The molecule has 1 N–H and O–H groups in total. The smallest absolute Gasteiger partial charge is 0.231 e. The maximum Gasteiger partial charge on any atom is 0.231 e. The fraction of sp³-hybridized carbons (Fsp3) is 0.300. The van der Waals surface area contributed by atoms with Crippen LogP contribution >= 0.6 is 11.6 Å². The van der Waals surface area contributed by atoms with Gasteiger partial charge in [-0.2, -0.15) is 0 Å². The molecule has 0 spiro atoms. The lowest BCUT2D eigenvalue weighted by molar-refractivity contribution is 0.174. The van der Waals surface area contributed by atoms with E-state index in [1.807, 2.05) is 54.1 Å². The first-order valence-corrected chi connectivity index (χ1v) is 9.24. The minimum Gasteiger partial charge on any atom is -0.454 e. The molecule has 0 saturated carbocycles. The summed E-state index contributed by atoms with van der Waals surface area (Å²) in [4.78, 5) is 0. The number of aromatic nitrogens is 3. The van der Waals surface area contributed by atoms with E-state index in [-0.39, 0.29) is 18.9 Å². The lowest BCUT2D eigenvalue weighted by Crippen LogP contribution is -2.23. The Labute approximate surface area is 163 Å². The summed E-state index contributed by atoms with van der Waals surface area (Å²) in [5.41, 5.74) is 3.92. The Kier molecular flexibility index (Phi) is 4.76. The van der Waals surface area contributed by atoms with Gasteiger partial charge in [-0.15, -0.1) is 5.10 Å². The number of halogens is 1. The van der Waals surface area contributed by atoms with Gasteiger partial charge in [0.05, 0.1) is 17.4 Å². The highest BCUT2D eigenvalue weighted by molar-refractivity contribution is 6.30. The third kappa shape index (κ3) is 3.50. The van der Waals surface area contributed by atoms with E-state index in [1.54, 1.807) is 0 Å². The quantitative estimate of drug-likeness (QED) is 0.707. The topological polar surface area (TPSA) is 61.2 Å². The first kappa shape index (κ1) is 17.8. The van der Waals surface area contributed by atoms with Crippen LogP contribution in [0.25, 0.3) is 5.69 Å². The molecule has 27 heavy (non-hydrogen) atoms. The Hall–Kier alpha value is -2.57. The molecule has 140 valence electrons. The standard InChI is InChI=1S/C20H21ClN4O2/c1-12(15-7-8-18-19(9-15)27-11-26-18)22-13(2)20-14(3)25(24-23-20)17-6-4-5-16(21)10-17/h4-10,12-13,22H,11H2,1-3H3/t12-,13-/m1/s1. The summed E-state index contributed by atoms with van der Waals surface area (Å²) in [5.74, 6) is 1.58. The van der Waals surface area contributed by atoms with Gasteiger partial charge in [0.2, 0.25) is 6.79 Å². The van der Waals surface area contributed by atoms with E-state index in [0.29, 0.717) is 5.02 Å². The summed E-state index contributed by atoms with van der Waals surface area (Å²) in [6.07, 6.45) is 0. The molecule has 0 radical (unpaired) electrons. The van der Waals surface area contributed by atoms with Gasteiger partial charge in [-0.1, -0.05) is 28.9 Å². The number of rotatable bonds is 5. The van der Waals surface area contributed by atoms with Crippen LogP contribution in [0.5, 0.6) is 11.5 Å². The van der Waals surface area contributed by atoms with E-state index in [9.17, 15) is 0 Å². The van der Waals surface area contributed by atoms with Crippen LogP contribution in [0.4, 0.5) is 0 Å². The minimum absolute atomic E-state index is 0.0263. The minimum atomic E-state index is 0.0263. The first-order valence-electron chi connectivity index (χ1n) is 8.86. The Morgan fingerprint density at radius 2 is 1.89 bits per heavy atom. The van der Waals surface area contributed by atoms with Crippen molar-refractivity contribution in [2.45, 2.75) is 32.9 Å². The summed E-state index contributed by atoms with van der Waals surface area (Å²) < 4.78 is 12.7. The molecule has 1 aromatic heterocycles. The van der Waals surface area contributed by atoms with E-state index in [2.05, 4.69) is 29.5 Å². The zero-order valence-electron chi connectivity index (χ0n) is 15.4. The second-order valence-corrected chi connectivity index (χ2v) is 7.11. The van der Waals surface area contributed by atoms with Crippen LogP contribution in [0.1, 0.15) is 42.9 Å². The molecule has 4 rings (SSSR count). The number of hydrogen-bond donors (Lipinski definition) is 1. The number of ether oxygens (including phenoxy) is 2. The van der Waals surface area contributed by atoms with Crippen molar-refractivity contribution in [3.05, 3.63) is 64.4 Å². The normalized spacial score (nSPS) is 15.0. The van der Waals surface area contributed by atoms with Crippen molar-refractivity contribution in [3.8, 4) is 17.2 Å². The Morgan fingerprint density at radius 3 is 2.70 bits per heavy atom. The number of hydrogen-bond acceptors (Lipinski definition) is 5. The van der Waals surface area contributed by atoms with E-state index >= 15 is 0 Å². The molecule has 3 aromatic rings. The van der Waals surface area contributed by atoms with Gasteiger partial charge in [0.1, 0.15) is 5.69 Å². The summed E-state index contributed by atoms with van der Waals surface area (Å²) in [6, 6.07) is 13.7. The van der Waals surface area contributed by atoms with Crippen LogP contribution in [0.2, 0.25) is 5.02 Å². The SMILES string of the molecule is Cc1c([C@@H](C)N[C@H](C)c2ccc3c(c2)OCO3)nnn1-c1cccc(Cl)c1. The van der Waals surface area contributed by atoms with Crippen molar-refractivity contribution in [2.75, 3.05) is 6.79 Å². The predicted octanol–water partition coefficient (Wildman–Crippen LogP) is 4.37. The summed E-state index contributed by atoms with van der Waals surface area (Å²) in [5, 5.41) is 13.0. The highest BCUT2D eigenvalue weighted by Gasteiger charge is 2.20. The Balaban J connectivity index is 1.52. The molecular weight excluding hydrogens is 364 g/mol. The summed E-state index contributed by atoms with van der Waals surface area (Å²) >= 11 is 6.10. The monoisotopic (exact) mass is 384 g/mol. The van der Waals surface area contributed by atoms with Gasteiger partial charge >= 0.3 is 0 Å². The second kappa shape index (κ2) is 7.21. The largest absolute Gasteiger partial charge is 0.454 e. The highest BCUT2D eigenvalue weighted by Crippen LogP contribution is 2.34. The molecule has 2 heterocycles. The summed E-state index contributed by atoms with van der Waals surface area (Å²) in [6.45, 7) is 6.50. The molecule has 7 heteroatoms. The van der Waals surface area contributed by atoms with E-state index < -0.39 is 0 Å². The third-order valence-corrected chi connectivity index (χ3v) is 5.02. The average Bonchev–Trinajstić information content (AvgIpc) is 3.27. The Bertz CT molecular complexity index is 972. The van der Waals surface area contributed by atoms with Crippen molar-refractivity contribution in [1.82, 2.24) is 20.3 Å². The van der Waals surface area contributed by atoms with E-state index in [1.165, 1.54) is 0 Å². The molecule has 0 unspecified atom stereocenters. The molecule has 0 fully saturated rings. The molecule has 2 atom stereocenters. The molecule has 6 nitrogen and oxygen atoms in total. The Morgan fingerprint density at radius 1 is 1.07 bits per heavy atom. The van der Waals surface area contributed by atoms with Crippen LogP contribution in [0.3, 0.4) is 0 Å². The predicted molar refractivity (Wildman–Crippen MR) is 104 cm³/mol. The molecule has 0 bridgehead atoms.